The van der Waals surface area contributed by atoms with Crippen molar-refractivity contribution in [2.75, 3.05) is 11.9 Å². The van der Waals surface area contributed by atoms with Gasteiger partial charge in [0.25, 0.3) is 5.91 Å². The molecule has 22 heavy (non-hydrogen) atoms. The number of pyridine rings is 2. The molecule has 7 heteroatoms. The molecule has 0 unspecified atom stereocenters. The Hall–Kier alpha value is -2.72. The first kappa shape index (κ1) is 14.2. The van der Waals surface area contributed by atoms with Gasteiger partial charge in [0.15, 0.2) is 0 Å². The van der Waals surface area contributed by atoms with Crippen molar-refractivity contribution in [2.45, 2.75) is 0 Å². The van der Waals surface area contributed by atoms with E-state index in [1.807, 2.05) is 0 Å². The number of amides is 1. The highest BCUT2D eigenvalue weighted by molar-refractivity contribution is 9.10. The van der Waals surface area contributed by atoms with Crippen LogP contribution in [0.5, 0.6) is 0 Å². The van der Waals surface area contributed by atoms with Crippen LogP contribution in [0.1, 0.15) is 10.4 Å². The van der Waals surface area contributed by atoms with Crippen LogP contribution in [0.3, 0.4) is 0 Å². The number of hydrogen-bond acceptors (Lipinski definition) is 3. The van der Waals surface area contributed by atoms with Crippen molar-refractivity contribution in [2.24, 2.45) is 0 Å². The number of hydrogen-bond donors (Lipinski definition) is 0. The largest absolute Gasteiger partial charge is 0.296 e. The van der Waals surface area contributed by atoms with Gasteiger partial charge in [-0.1, -0.05) is 6.07 Å². The summed E-state index contributed by atoms with van der Waals surface area (Å²) in [7, 11) is 1.65. The maximum Gasteiger partial charge on any atom is 0.259 e. The van der Waals surface area contributed by atoms with Crippen LogP contribution in [0.4, 0.5) is 11.5 Å². The fourth-order valence-electron chi connectivity index (χ4n) is 2.02. The van der Waals surface area contributed by atoms with Gasteiger partial charge < -0.3 is 0 Å². The lowest BCUT2D eigenvalue weighted by molar-refractivity contribution is 0.0992. The highest BCUT2D eigenvalue weighted by atomic mass is 79.9. The SMILES string of the molecule is [C-]#[N+]c1ccc(N(C)C(=O)c2ccn3ncc(Br)c3c2)nc1. The number of rotatable bonds is 2. The summed E-state index contributed by atoms with van der Waals surface area (Å²) in [6.07, 6.45) is 4.86. The number of carbonyl (C=O) groups is 1. The zero-order chi connectivity index (χ0) is 15.7. The fraction of sp³-hybridized carbons (Fsp3) is 0.0667. The Morgan fingerprint density at radius 3 is 2.86 bits per heavy atom. The van der Waals surface area contributed by atoms with E-state index < -0.39 is 0 Å². The van der Waals surface area contributed by atoms with Crippen LogP contribution >= 0.6 is 15.9 Å². The van der Waals surface area contributed by atoms with Gasteiger partial charge in [-0.3, -0.25) is 14.7 Å². The van der Waals surface area contributed by atoms with E-state index in [0.29, 0.717) is 17.1 Å². The van der Waals surface area contributed by atoms with Gasteiger partial charge in [0.05, 0.1) is 22.8 Å². The van der Waals surface area contributed by atoms with E-state index in [0.717, 1.165) is 9.99 Å². The van der Waals surface area contributed by atoms with Crippen LogP contribution in [-0.2, 0) is 0 Å². The van der Waals surface area contributed by atoms with Gasteiger partial charge in [-0.25, -0.2) is 9.36 Å². The second kappa shape index (κ2) is 5.58. The van der Waals surface area contributed by atoms with Crippen molar-refractivity contribution in [3.63, 3.8) is 0 Å². The summed E-state index contributed by atoms with van der Waals surface area (Å²) < 4.78 is 2.51. The number of nitrogens with zero attached hydrogens (tertiary/aromatic N) is 5. The normalized spacial score (nSPS) is 10.4. The van der Waals surface area contributed by atoms with E-state index in [-0.39, 0.29) is 5.91 Å². The average molecular weight is 356 g/mol. The van der Waals surface area contributed by atoms with Crippen LogP contribution in [0.2, 0.25) is 0 Å². The lowest BCUT2D eigenvalue weighted by Crippen LogP contribution is -2.27. The van der Waals surface area contributed by atoms with Gasteiger partial charge in [-0.2, -0.15) is 5.10 Å². The molecule has 3 heterocycles. The Balaban J connectivity index is 1.93. The summed E-state index contributed by atoms with van der Waals surface area (Å²) in [4.78, 5) is 21.4. The molecule has 0 radical (unpaired) electrons. The predicted molar refractivity (Wildman–Crippen MR) is 86.1 cm³/mol. The van der Waals surface area contributed by atoms with E-state index in [9.17, 15) is 4.79 Å². The van der Waals surface area contributed by atoms with Gasteiger partial charge >= 0.3 is 0 Å². The summed E-state index contributed by atoms with van der Waals surface area (Å²) in [5.41, 5.74) is 1.79. The topological polar surface area (TPSA) is 54.9 Å². The van der Waals surface area contributed by atoms with Crippen molar-refractivity contribution in [1.82, 2.24) is 14.6 Å². The van der Waals surface area contributed by atoms with Crippen LogP contribution in [0.15, 0.2) is 47.3 Å². The summed E-state index contributed by atoms with van der Waals surface area (Å²) in [6.45, 7) is 6.91. The molecule has 0 spiro atoms. The molecule has 1 amide bonds. The first-order valence-electron chi connectivity index (χ1n) is 6.34. The number of fused-ring (bicyclic) bond motifs is 1. The molecule has 6 nitrogen and oxygen atoms in total. The van der Waals surface area contributed by atoms with Crippen LogP contribution in [0, 0.1) is 6.57 Å². The standard InChI is InChI=1S/C15H10BrN5O/c1-17-11-3-4-14(18-8-11)20(2)15(22)10-5-6-21-13(7-10)12(16)9-19-21/h3-9H,2H3. The van der Waals surface area contributed by atoms with Crippen LogP contribution in [0.25, 0.3) is 10.4 Å². The van der Waals surface area contributed by atoms with Gasteiger partial charge in [0.1, 0.15) is 5.82 Å². The monoisotopic (exact) mass is 355 g/mol. The summed E-state index contributed by atoms with van der Waals surface area (Å²) in [6, 6.07) is 6.76. The summed E-state index contributed by atoms with van der Waals surface area (Å²) in [5, 5.41) is 4.15. The van der Waals surface area contributed by atoms with Crippen molar-refractivity contribution in [1.29, 1.82) is 0 Å². The van der Waals surface area contributed by atoms with Crippen molar-refractivity contribution in [3.05, 3.63) is 64.3 Å². The molecule has 0 saturated heterocycles. The highest BCUT2D eigenvalue weighted by Crippen LogP contribution is 2.21. The first-order chi connectivity index (χ1) is 10.6. The Kier molecular flexibility index (Phi) is 3.61. The van der Waals surface area contributed by atoms with E-state index in [4.69, 9.17) is 6.57 Å². The van der Waals surface area contributed by atoms with Gasteiger partial charge in [-0.15, -0.1) is 0 Å². The molecule has 0 N–H and O–H groups in total. The number of anilines is 1. The molecule has 0 saturated carbocycles. The van der Waals surface area contributed by atoms with E-state index in [1.165, 1.54) is 11.1 Å². The minimum absolute atomic E-state index is 0.182. The molecule has 0 aliphatic rings. The molecule has 108 valence electrons. The molecule has 0 aromatic carbocycles. The molecule has 0 fully saturated rings. The van der Waals surface area contributed by atoms with Crippen LogP contribution < -0.4 is 4.90 Å². The molecule has 3 rings (SSSR count). The molecule has 0 atom stereocenters. The molecular weight excluding hydrogens is 346 g/mol. The third-order valence-corrected chi connectivity index (χ3v) is 3.84. The number of halogens is 1. The summed E-state index contributed by atoms with van der Waals surface area (Å²) in [5.74, 6) is 0.309. The summed E-state index contributed by atoms with van der Waals surface area (Å²) >= 11 is 3.40. The maximum atomic E-state index is 12.6. The molecule has 0 aliphatic heterocycles. The lowest BCUT2D eigenvalue weighted by Gasteiger charge is -2.16. The second-order valence-electron chi connectivity index (χ2n) is 4.59. The van der Waals surface area contributed by atoms with Crippen molar-refractivity contribution < 1.29 is 4.79 Å². The smallest absolute Gasteiger partial charge is 0.259 e. The maximum absolute atomic E-state index is 12.6. The second-order valence-corrected chi connectivity index (χ2v) is 5.44. The fourth-order valence-corrected chi connectivity index (χ4v) is 2.41. The van der Waals surface area contributed by atoms with E-state index in [2.05, 4.69) is 30.9 Å². The minimum atomic E-state index is -0.182. The van der Waals surface area contributed by atoms with Crippen molar-refractivity contribution in [3.8, 4) is 0 Å². The quantitative estimate of drug-likeness (QED) is 0.662. The minimum Gasteiger partial charge on any atom is -0.296 e. The lowest BCUT2D eigenvalue weighted by atomic mass is 10.2. The van der Waals surface area contributed by atoms with Gasteiger partial charge in [-0.05, 0) is 34.1 Å². The Bertz CT molecular complexity index is 894. The Morgan fingerprint density at radius 2 is 2.18 bits per heavy atom. The first-order valence-corrected chi connectivity index (χ1v) is 7.14. The zero-order valence-corrected chi connectivity index (χ0v) is 13.1. The Labute approximate surface area is 135 Å². The zero-order valence-electron chi connectivity index (χ0n) is 11.6. The predicted octanol–water partition coefficient (Wildman–Crippen LogP) is 3.32. The van der Waals surface area contributed by atoms with E-state index >= 15 is 0 Å². The number of carbonyl (C=O) groups excluding carboxylic acids is 1. The van der Waals surface area contributed by atoms with Crippen LogP contribution in [-0.4, -0.2) is 27.6 Å². The van der Waals surface area contributed by atoms with Crippen molar-refractivity contribution >= 4 is 38.9 Å². The molecule has 0 aliphatic carbocycles. The third-order valence-electron chi connectivity index (χ3n) is 3.23. The van der Waals surface area contributed by atoms with Gasteiger partial charge in [0.2, 0.25) is 5.69 Å². The van der Waals surface area contributed by atoms with Gasteiger partial charge in [0, 0.05) is 25.0 Å². The molecule has 3 aromatic rings. The van der Waals surface area contributed by atoms with E-state index in [1.54, 1.807) is 48.2 Å². The highest BCUT2D eigenvalue weighted by Gasteiger charge is 2.15. The third kappa shape index (κ3) is 2.44. The molecule has 3 aromatic heterocycles. The number of aromatic nitrogens is 3. The average Bonchev–Trinajstić information content (AvgIpc) is 2.94. The Morgan fingerprint density at radius 1 is 1.36 bits per heavy atom. The molecular formula is C15H10BrN5O. The molecule has 0 bridgehead atoms.